The lowest BCUT2D eigenvalue weighted by molar-refractivity contribution is -0.161. The molecule has 618 valence electrons. The Hall–Kier alpha value is -1.94. The van der Waals surface area contributed by atoms with Gasteiger partial charge in [-0.1, -0.05) is 401 Å². The lowest BCUT2D eigenvalue weighted by Gasteiger charge is -2.21. The molecule has 0 aliphatic heterocycles. The number of unbranched alkanes of at least 4 members (excludes halogenated alkanes) is 54. The van der Waals surface area contributed by atoms with Crippen molar-refractivity contribution in [3.8, 4) is 0 Å². The molecule has 0 spiro atoms. The van der Waals surface area contributed by atoms with Crippen LogP contribution in [0, 0.1) is 11.8 Å². The number of aliphatic hydroxyl groups excluding tert-OH is 1. The van der Waals surface area contributed by atoms with Gasteiger partial charge in [0, 0.05) is 25.7 Å². The molecule has 0 fully saturated rings. The highest BCUT2D eigenvalue weighted by Crippen LogP contribution is 2.45. The topological polar surface area (TPSA) is 237 Å². The number of hydrogen-bond acceptors (Lipinski definition) is 15. The quantitative estimate of drug-likeness (QED) is 0.0222. The fourth-order valence-corrected chi connectivity index (χ4v) is 14.8. The molecule has 0 saturated heterocycles. The number of esters is 4. The van der Waals surface area contributed by atoms with Gasteiger partial charge in [0.05, 0.1) is 26.4 Å². The Bertz CT molecular complexity index is 1990. The van der Waals surface area contributed by atoms with Gasteiger partial charge in [0.25, 0.3) is 0 Å². The molecule has 5 atom stereocenters. The molecule has 0 aromatic heterocycles. The van der Waals surface area contributed by atoms with Crippen LogP contribution in [0.1, 0.15) is 452 Å². The van der Waals surface area contributed by atoms with Gasteiger partial charge in [-0.3, -0.25) is 37.3 Å². The van der Waals surface area contributed by atoms with Crippen LogP contribution < -0.4 is 0 Å². The van der Waals surface area contributed by atoms with E-state index in [4.69, 9.17) is 37.0 Å². The zero-order valence-electron chi connectivity index (χ0n) is 68.3. The van der Waals surface area contributed by atoms with Crippen molar-refractivity contribution in [1.29, 1.82) is 0 Å². The van der Waals surface area contributed by atoms with Gasteiger partial charge < -0.3 is 33.8 Å². The Labute approximate surface area is 638 Å². The summed E-state index contributed by atoms with van der Waals surface area (Å²) in [7, 11) is -9.92. The highest BCUT2D eigenvalue weighted by molar-refractivity contribution is 7.47. The van der Waals surface area contributed by atoms with E-state index in [0.717, 1.165) is 115 Å². The van der Waals surface area contributed by atoms with E-state index >= 15 is 0 Å². The lowest BCUT2D eigenvalue weighted by atomic mass is 10.0. The number of phosphoric acid groups is 2. The first-order valence-electron chi connectivity index (χ1n) is 44.0. The lowest BCUT2D eigenvalue weighted by Crippen LogP contribution is -2.30. The molecule has 0 radical (unpaired) electrons. The van der Waals surface area contributed by atoms with E-state index in [1.165, 1.54) is 257 Å². The first-order chi connectivity index (χ1) is 50.4. The molecule has 3 N–H and O–H groups in total. The van der Waals surface area contributed by atoms with Crippen LogP contribution in [-0.2, 0) is 65.4 Å². The second-order valence-corrected chi connectivity index (χ2v) is 34.4. The van der Waals surface area contributed by atoms with Crippen molar-refractivity contribution < 1.29 is 80.2 Å². The molecule has 0 aliphatic rings. The Morgan fingerprint density at radius 1 is 0.260 bits per heavy atom. The summed E-state index contributed by atoms with van der Waals surface area (Å²) >= 11 is 0. The second-order valence-electron chi connectivity index (χ2n) is 31.5. The van der Waals surface area contributed by atoms with E-state index in [9.17, 15) is 43.2 Å². The molecule has 17 nitrogen and oxygen atoms in total. The van der Waals surface area contributed by atoms with Crippen LogP contribution in [0.15, 0.2) is 0 Å². The smallest absolute Gasteiger partial charge is 0.462 e. The molecule has 0 amide bonds. The van der Waals surface area contributed by atoms with Crippen molar-refractivity contribution >= 4 is 39.5 Å². The minimum absolute atomic E-state index is 0.107. The maximum atomic E-state index is 13.1. The van der Waals surface area contributed by atoms with Crippen LogP contribution in [-0.4, -0.2) is 96.7 Å². The highest BCUT2D eigenvalue weighted by atomic mass is 31.2. The molecule has 0 heterocycles. The van der Waals surface area contributed by atoms with E-state index in [0.29, 0.717) is 25.7 Å². The van der Waals surface area contributed by atoms with E-state index in [-0.39, 0.29) is 25.7 Å². The molecule has 0 bridgehead atoms. The van der Waals surface area contributed by atoms with Crippen LogP contribution in [0.2, 0.25) is 0 Å². The number of carbonyl (C=O) groups excluding carboxylic acids is 4. The summed E-state index contributed by atoms with van der Waals surface area (Å²) in [4.78, 5) is 73.0. The molecule has 0 saturated carbocycles. The number of rotatable bonds is 84. The van der Waals surface area contributed by atoms with E-state index in [2.05, 4.69) is 41.5 Å². The summed E-state index contributed by atoms with van der Waals surface area (Å²) < 4.78 is 68.7. The minimum Gasteiger partial charge on any atom is -0.462 e. The molecule has 0 aromatic carbocycles. The van der Waals surface area contributed by atoms with E-state index in [1.807, 2.05) is 0 Å². The fourth-order valence-electron chi connectivity index (χ4n) is 13.2. The first-order valence-corrected chi connectivity index (χ1v) is 47.0. The summed E-state index contributed by atoms with van der Waals surface area (Å²) in [5.41, 5.74) is 0. The minimum atomic E-state index is -4.96. The van der Waals surface area contributed by atoms with Gasteiger partial charge in [-0.25, -0.2) is 9.13 Å². The molecular weight excluding hydrogens is 1350 g/mol. The van der Waals surface area contributed by atoms with Crippen molar-refractivity contribution in [2.75, 3.05) is 39.6 Å². The Morgan fingerprint density at radius 2 is 0.442 bits per heavy atom. The molecule has 19 heteroatoms. The first kappa shape index (κ1) is 102. The average molecular weight is 1520 g/mol. The van der Waals surface area contributed by atoms with E-state index in [1.54, 1.807) is 0 Å². The monoisotopic (exact) mass is 1520 g/mol. The molecule has 0 aromatic rings. The predicted molar refractivity (Wildman–Crippen MR) is 428 cm³/mol. The summed E-state index contributed by atoms with van der Waals surface area (Å²) in [6, 6.07) is 0. The third-order valence-electron chi connectivity index (χ3n) is 20.0. The van der Waals surface area contributed by atoms with Crippen molar-refractivity contribution in [1.82, 2.24) is 0 Å². The Balaban J connectivity index is 5.16. The number of aliphatic hydroxyl groups is 1. The number of hydrogen-bond donors (Lipinski definition) is 3. The van der Waals surface area contributed by atoms with Gasteiger partial charge in [0.15, 0.2) is 12.2 Å². The van der Waals surface area contributed by atoms with Crippen molar-refractivity contribution in [2.24, 2.45) is 11.8 Å². The normalized spacial score (nSPS) is 13.8. The van der Waals surface area contributed by atoms with Crippen molar-refractivity contribution in [3.63, 3.8) is 0 Å². The van der Waals surface area contributed by atoms with Crippen LogP contribution in [0.4, 0.5) is 0 Å². The molecule has 0 rings (SSSR count). The third kappa shape index (κ3) is 78.2. The van der Waals surface area contributed by atoms with Gasteiger partial charge in [0.1, 0.15) is 19.3 Å². The second kappa shape index (κ2) is 76.4. The zero-order chi connectivity index (χ0) is 76.4. The maximum Gasteiger partial charge on any atom is 0.472 e. The molecular formula is C85H166O17P2. The highest BCUT2D eigenvalue weighted by Gasteiger charge is 2.30. The maximum absolute atomic E-state index is 13.1. The molecule has 104 heavy (non-hydrogen) atoms. The summed E-state index contributed by atoms with van der Waals surface area (Å²) in [5, 5.41) is 10.6. The number of ether oxygens (including phenoxy) is 4. The predicted octanol–water partition coefficient (Wildman–Crippen LogP) is 25.8. The molecule has 0 aliphatic carbocycles. The van der Waals surface area contributed by atoms with Gasteiger partial charge >= 0.3 is 39.5 Å². The Kier molecular flexibility index (Phi) is 75.0. The standard InChI is InChI=1S/C85H166O17P2/c1-7-9-11-13-15-16-17-18-19-20-21-22-23-27-30-33-39-44-50-56-62-68-83(88)96-74-81(102-85(90)69-63-57-51-45-40-34-31-28-25-24-26-29-32-37-42-48-53-59-65-77(3)4)76-100-104(93,94)98-72-79(86)71-97-103(91,92)99-75-80(73-95-82(87)67-61-55-47-14-12-10-8-2)101-84(89)70-64-58-52-46-41-36-35-38-43-49-54-60-66-78(5)6/h77-81,86H,7-76H2,1-6H3,(H,91,92)(H,93,94)/t79-,80+,81+/m0/s1. The zero-order valence-corrected chi connectivity index (χ0v) is 70.1. The van der Waals surface area contributed by atoms with Gasteiger partial charge in [-0.2, -0.15) is 0 Å². The van der Waals surface area contributed by atoms with Crippen LogP contribution in [0.25, 0.3) is 0 Å². The van der Waals surface area contributed by atoms with E-state index < -0.39 is 97.5 Å². The summed E-state index contributed by atoms with van der Waals surface area (Å²) in [5.74, 6) is -0.512. The van der Waals surface area contributed by atoms with Crippen LogP contribution >= 0.6 is 15.6 Å². The van der Waals surface area contributed by atoms with Gasteiger partial charge in [-0.05, 0) is 37.5 Å². The van der Waals surface area contributed by atoms with Crippen LogP contribution in [0.5, 0.6) is 0 Å². The van der Waals surface area contributed by atoms with Crippen molar-refractivity contribution in [3.05, 3.63) is 0 Å². The van der Waals surface area contributed by atoms with Crippen molar-refractivity contribution in [2.45, 2.75) is 471 Å². The molecule has 2 unspecified atom stereocenters. The van der Waals surface area contributed by atoms with Gasteiger partial charge in [0.2, 0.25) is 0 Å². The van der Waals surface area contributed by atoms with Crippen LogP contribution in [0.3, 0.4) is 0 Å². The SMILES string of the molecule is CCCCCCCCCCCCCCCCCCCCCCCC(=O)OC[C@H](COP(=O)(O)OC[C@@H](O)COP(=O)(O)OC[C@@H](COC(=O)CCCCCCCCC)OC(=O)CCCCCCCCCCCCCCC(C)C)OC(=O)CCCCCCCCCCCCCCCCCCCCC(C)C. The Morgan fingerprint density at radius 3 is 0.654 bits per heavy atom. The average Bonchev–Trinajstić information content (AvgIpc) is 0.906. The summed E-state index contributed by atoms with van der Waals surface area (Å²) in [6.07, 6.45) is 68.4. The fraction of sp³-hybridized carbons (Fsp3) is 0.953. The number of phosphoric ester groups is 2. The summed E-state index contributed by atoms with van der Waals surface area (Å²) in [6.45, 7) is 9.66. The number of carbonyl (C=O) groups is 4. The van der Waals surface area contributed by atoms with Gasteiger partial charge in [-0.15, -0.1) is 0 Å². The largest absolute Gasteiger partial charge is 0.472 e. The third-order valence-corrected chi connectivity index (χ3v) is 21.9.